The maximum Gasteiger partial charge on any atom is 0.326 e. The van der Waals surface area contributed by atoms with E-state index in [0.29, 0.717) is 17.2 Å². The molecule has 0 aromatic rings. The predicted octanol–water partition coefficient (Wildman–Crippen LogP) is -0.471. The van der Waals surface area contributed by atoms with E-state index in [1.54, 1.807) is 13.0 Å². The van der Waals surface area contributed by atoms with Crippen LogP contribution in [0.2, 0.25) is 0 Å². The van der Waals surface area contributed by atoms with Crippen LogP contribution < -0.4 is 16.4 Å². The zero-order valence-corrected chi connectivity index (χ0v) is 16.8. The molecule has 0 spiro atoms. The van der Waals surface area contributed by atoms with Gasteiger partial charge in [0.05, 0.1) is 30.5 Å². The van der Waals surface area contributed by atoms with Crippen LogP contribution in [0.1, 0.15) is 13.3 Å². The molecule has 160 valence electrons. The lowest BCUT2D eigenvalue weighted by atomic mass is 10.1. The number of aliphatic imine (C=N–C) groups is 2. The van der Waals surface area contributed by atoms with Crippen molar-refractivity contribution in [1.82, 2.24) is 15.5 Å². The summed E-state index contributed by atoms with van der Waals surface area (Å²) >= 11 is 4.98. The Morgan fingerprint density at radius 3 is 2.97 bits per heavy atom. The smallest absolute Gasteiger partial charge is 0.326 e. The third kappa shape index (κ3) is 4.57. The minimum Gasteiger partial charge on any atom is -0.394 e. The van der Waals surface area contributed by atoms with E-state index in [9.17, 15) is 9.59 Å². The van der Waals surface area contributed by atoms with Gasteiger partial charge >= 0.3 is 6.03 Å². The van der Waals surface area contributed by atoms with Gasteiger partial charge in [-0.2, -0.15) is 0 Å². The Hall–Kier alpha value is -3.06. The van der Waals surface area contributed by atoms with E-state index in [-0.39, 0.29) is 31.0 Å². The van der Waals surface area contributed by atoms with Crippen LogP contribution in [0.15, 0.2) is 27.0 Å². The van der Waals surface area contributed by atoms with Gasteiger partial charge in [-0.1, -0.05) is 24.3 Å². The molecule has 2 unspecified atom stereocenters. The molecule has 0 aromatic carbocycles. The van der Waals surface area contributed by atoms with E-state index < -0.39 is 24.4 Å². The molecule has 0 aliphatic carbocycles. The second-order valence-electron chi connectivity index (χ2n) is 6.97. The first-order valence-corrected chi connectivity index (χ1v) is 9.54. The number of nitrogens with one attached hydrogen (secondary N) is 2. The van der Waals surface area contributed by atoms with E-state index in [1.807, 2.05) is 0 Å². The summed E-state index contributed by atoms with van der Waals surface area (Å²) in [7, 11) is 0. The van der Waals surface area contributed by atoms with Crippen LogP contribution in [0.5, 0.6) is 0 Å². The summed E-state index contributed by atoms with van der Waals surface area (Å²) in [5, 5.41) is 17.8. The molecule has 30 heavy (non-hydrogen) atoms. The van der Waals surface area contributed by atoms with E-state index in [0.717, 1.165) is 5.71 Å². The van der Waals surface area contributed by atoms with Gasteiger partial charge in [0.25, 0.3) is 0 Å². The number of thiocarbonyl (C=S) groups is 1. The molecule has 2 fully saturated rings. The summed E-state index contributed by atoms with van der Waals surface area (Å²) < 4.78 is 5.51. The largest absolute Gasteiger partial charge is 0.394 e. The standard InChI is InChI=1S/C10H15N5O4.C6H6N4S/c1-5-3-15(10(18)12-9(5)17)8-2-6(13-14-11)7(4-16)19-8;7-4-1-3-5(6(11)10-4)9-2-8-3/h5-8,16H,2-4H2,1H3,(H,12,17,18);1-3H,7H2,(H,10,11)/t5?,6-,7+,8+;/m0./s1. The monoisotopic (exact) mass is 435 g/mol. The van der Waals surface area contributed by atoms with Crippen molar-refractivity contribution in [3.8, 4) is 0 Å². The second kappa shape index (κ2) is 9.17. The molecule has 4 rings (SSSR count). The van der Waals surface area contributed by atoms with Gasteiger partial charge in [0.1, 0.15) is 29.3 Å². The average molecular weight is 435 g/mol. The number of ether oxygens (including phenoxy) is 1. The first-order valence-electron chi connectivity index (χ1n) is 9.14. The van der Waals surface area contributed by atoms with E-state index in [4.69, 9.17) is 33.3 Å². The number of imide groups is 1. The fourth-order valence-corrected chi connectivity index (χ4v) is 3.60. The number of amides is 3. The summed E-state index contributed by atoms with van der Waals surface area (Å²) in [6.07, 6.45) is 2.38. The van der Waals surface area contributed by atoms with Crippen LogP contribution in [0.25, 0.3) is 10.4 Å². The van der Waals surface area contributed by atoms with E-state index in [2.05, 4.69) is 30.6 Å². The van der Waals surface area contributed by atoms with Gasteiger partial charge in [-0.25, -0.2) is 9.79 Å². The molecule has 13 nitrogen and oxygen atoms in total. The lowest BCUT2D eigenvalue weighted by molar-refractivity contribution is -0.128. The molecule has 4 aliphatic heterocycles. The van der Waals surface area contributed by atoms with Crippen LogP contribution in [-0.4, -0.2) is 76.6 Å². The molecule has 0 saturated carbocycles. The number of aliphatic hydroxyl groups excluding tert-OH is 1. The Morgan fingerprint density at radius 2 is 2.27 bits per heavy atom. The molecular formula is C16H21N9O4S. The fourth-order valence-electron chi connectivity index (χ4n) is 3.31. The zero-order chi connectivity index (χ0) is 21.8. The summed E-state index contributed by atoms with van der Waals surface area (Å²) in [5.74, 6) is -0.0880. The van der Waals surface area contributed by atoms with Crippen molar-refractivity contribution in [2.45, 2.75) is 37.8 Å². The quantitative estimate of drug-likeness (QED) is 0.199. The normalized spacial score (nSPS) is 32.1. The number of hydrogen-bond acceptors (Lipinski definition) is 9. The SMILES string of the molecule is CC1CN([C@H]2C[C@H](N=[N+]=[N-])[C@@H](CO)O2)C(=O)NC1=O.NC1=CC2N=CN=C2C(=S)N1. The van der Waals surface area contributed by atoms with Crippen molar-refractivity contribution in [3.05, 3.63) is 22.3 Å². The molecule has 0 aromatic heterocycles. The maximum atomic E-state index is 11.7. The molecule has 0 radical (unpaired) electrons. The van der Waals surface area contributed by atoms with Crippen LogP contribution in [0.4, 0.5) is 4.79 Å². The second-order valence-corrected chi connectivity index (χ2v) is 7.38. The van der Waals surface area contributed by atoms with Gasteiger partial charge in [-0.15, -0.1) is 0 Å². The van der Waals surface area contributed by atoms with E-state index >= 15 is 0 Å². The van der Waals surface area contributed by atoms with Crippen molar-refractivity contribution < 1.29 is 19.4 Å². The van der Waals surface area contributed by atoms with Crippen LogP contribution in [-0.2, 0) is 9.53 Å². The van der Waals surface area contributed by atoms with E-state index in [1.165, 1.54) is 11.2 Å². The number of urea groups is 1. The number of carbonyl (C=O) groups excluding carboxylic acids is 2. The number of rotatable bonds is 3. The summed E-state index contributed by atoms with van der Waals surface area (Å²) in [6, 6.07) is -1.09. The van der Waals surface area contributed by atoms with Crippen molar-refractivity contribution in [1.29, 1.82) is 0 Å². The lowest BCUT2D eigenvalue weighted by Crippen LogP contribution is -2.57. The Morgan fingerprint density at radius 1 is 1.50 bits per heavy atom. The first kappa shape index (κ1) is 21.6. The minimum atomic E-state index is -0.623. The molecule has 4 aliphatic rings. The van der Waals surface area contributed by atoms with Crippen LogP contribution in [0.3, 0.4) is 0 Å². The van der Waals surface area contributed by atoms with Crippen molar-refractivity contribution in [2.75, 3.05) is 13.2 Å². The Bertz CT molecular complexity index is 882. The van der Waals surface area contributed by atoms with Gasteiger partial charge in [-0.05, 0) is 11.6 Å². The van der Waals surface area contributed by atoms with Gasteiger partial charge < -0.3 is 20.9 Å². The number of hydrogen-bond donors (Lipinski definition) is 4. The molecule has 3 amide bonds. The molecule has 5 N–H and O–H groups in total. The van der Waals surface area contributed by atoms with Crippen molar-refractivity contribution in [2.24, 2.45) is 26.8 Å². The third-order valence-corrected chi connectivity index (χ3v) is 5.18. The average Bonchev–Trinajstić information content (AvgIpc) is 3.32. The number of aliphatic hydroxyl groups is 1. The zero-order valence-electron chi connectivity index (χ0n) is 16.0. The summed E-state index contributed by atoms with van der Waals surface area (Å²) in [4.78, 5) is 35.8. The van der Waals surface area contributed by atoms with Crippen LogP contribution in [0, 0.1) is 5.92 Å². The Kier molecular flexibility index (Phi) is 6.62. The molecular weight excluding hydrogens is 414 g/mol. The molecule has 4 heterocycles. The highest BCUT2D eigenvalue weighted by atomic mass is 32.1. The van der Waals surface area contributed by atoms with Gasteiger partial charge in [0.15, 0.2) is 0 Å². The Labute approximate surface area is 176 Å². The van der Waals surface area contributed by atoms with Gasteiger partial charge in [0, 0.05) is 17.9 Å². The maximum absolute atomic E-state index is 11.7. The Balaban J connectivity index is 0.000000196. The fraction of sp³-hybridized carbons (Fsp3) is 0.562. The third-order valence-electron chi connectivity index (χ3n) is 4.87. The first-order chi connectivity index (χ1) is 14.3. The topological polar surface area (TPSA) is 190 Å². The lowest BCUT2D eigenvalue weighted by Gasteiger charge is -2.34. The molecule has 5 atom stereocenters. The van der Waals surface area contributed by atoms with Crippen molar-refractivity contribution in [3.63, 3.8) is 0 Å². The number of azide groups is 1. The number of nitrogens with zero attached hydrogens (tertiary/aromatic N) is 6. The molecule has 14 heteroatoms. The molecule has 2 saturated heterocycles. The van der Waals surface area contributed by atoms with Crippen LogP contribution >= 0.6 is 12.2 Å². The van der Waals surface area contributed by atoms with Crippen molar-refractivity contribution >= 4 is 41.2 Å². The van der Waals surface area contributed by atoms with Gasteiger partial charge in [-0.3, -0.25) is 20.0 Å². The predicted molar refractivity (Wildman–Crippen MR) is 110 cm³/mol. The van der Waals surface area contributed by atoms with Gasteiger partial charge in [0.2, 0.25) is 5.91 Å². The molecule has 0 bridgehead atoms. The number of fused-ring (bicyclic) bond motifs is 1. The highest BCUT2D eigenvalue weighted by Crippen LogP contribution is 2.27. The highest BCUT2D eigenvalue weighted by Gasteiger charge is 2.42. The summed E-state index contributed by atoms with van der Waals surface area (Å²) in [6.45, 7) is 1.67. The summed E-state index contributed by atoms with van der Waals surface area (Å²) in [5.41, 5.74) is 14.7. The number of carbonyl (C=O) groups is 2. The highest BCUT2D eigenvalue weighted by molar-refractivity contribution is 7.82. The number of nitrogens with two attached hydrogens (primary N) is 1. The minimum absolute atomic E-state index is 0.0521.